The molecule has 2 aromatic rings. The smallest absolute Gasteiger partial charge is 0.407 e. The summed E-state index contributed by atoms with van der Waals surface area (Å²) in [5.41, 5.74) is 4.96. The zero-order chi connectivity index (χ0) is 20.5. The molecule has 4 rings (SSSR count). The van der Waals surface area contributed by atoms with Gasteiger partial charge in [-0.3, -0.25) is 4.98 Å². The van der Waals surface area contributed by atoms with Crippen molar-refractivity contribution in [2.75, 3.05) is 26.2 Å². The third kappa shape index (κ3) is 4.01. The number of hydrogen-bond acceptors (Lipinski definition) is 4. The lowest BCUT2D eigenvalue weighted by atomic mass is 9.71. The number of rotatable bonds is 4. The van der Waals surface area contributed by atoms with Gasteiger partial charge in [-0.25, -0.2) is 4.79 Å². The topological polar surface area (TPSA) is 54.5 Å². The van der Waals surface area contributed by atoms with Gasteiger partial charge in [0.15, 0.2) is 0 Å². The van der Waals surface area contributed by atoms with Crippen LogP contribution >= 0.6 is 0 Å². The Morgan fingerprint density at radius 2 is 1.86 bits per heavy atom. The van der Waals surface area contributed by atoms with E-state index in [4.69, 9.17) is 9.72 Å². The van der Waals surface area contributed by atoms with Crippen molar-refractivity contribution in [2.24, 2.45) is 0 Å². The van der Waals surface area contributed by atoms with Crippen molar-refractivity contribution in [1.82, 2.24) is 15.2 Å². The van der Waals surface area contributed by atoms with Crippen LogP contribution in [-0.2, 0) is 10.2 Å². The van der Waals surface area contributed by atoms with Crippen LogP contribution in [0, 0.1) is 0 Å². The number of amides is 1. The predicted molar refractivity (Wildman–Crippen MR) is 115 cm³/mol. The van der Waals surface area contributed by atoms with E-state index < -0.39 is 5.60 Å². The predicted octanol–water partition coefficient (Wildman–Crippen LogP) is 4.36. The molecule has 1 aromatic carbocycles. The summed E-state index contributed by atoms with van der Waals surface area (Å²) in [6.45, 7) is 9.41. The second-order valence-electron chi connectivity index (χ2n) is 9.15. The summed E-state index contributed by atoms with van der Waals surface area (Å²) < 4.78 is 5.29. The number of piperidine rings is 1. The Morgan fingerprint density at radius 1 is 1.14 bits per heavy atom. The molecule has 29 heavy (non-hydrogen) atoms. The lowest BCUT2D eigenvalue weighted by Crippen LogP contribution is -2.43. The Morgan fingerprint density at radius 3 is 2.62 bits per heavy atom. The molecule has 5 heteroatoms. The molecule has 0 unspecified atom stereocenters. The first kappa shape index (κ1) is 19.9. The number of benzene rings is 1. The first-order chi connectivity index (χ1) is 13.9. The number of fused-ring (bicyclic) bond motifs is 5. The molecule has 0 radical (unpaired) electrons. The molecule has 2 aliphatic rings. The average molecular weight is 394 g/mol. The first-order valence-corrected chi connectivity index (χ1v) is 10.6. The van der Waals surface area contributed by atoms with E-state index in [9.17, 15) is 4.79 Å². The highest BCUT2D eigenvalue weighted by atomic mass is 16.6. The van der Waals surface area contributed by atoms with Gasteiger partial charge in [0.1, 0.15) is 5.60 Å². The number of aromatic nitrogens is 1. The number of carbonyl (C=O) groups is 1. The SMILES string of the molecule is CC(C)(C)OC(=O)NCCCN1CCC2(CC1)c1ccccc1-c1ncccc12. The number of nitrogens with one attached hydrogen (secondary N) is 1. The highest BCUT2D eigenvalue weighted by Crippen LogP contribution is 2.52. The fourth-order valence-corrected chi connectivity index (χ4v) is 4.76. The third-order valence-corrected chi connectivity index (χ3v) is 6.05. The molecule has 1 aliphatic heterocycles. The van der Waals surface area contributed by atoms with Crippen LogP contribution in [0.15, 0.2) is 42.6 Å². The molecule has 5 nitrogen and oxygen atoms in total. The molecule has 1 saturated heterocycles. The molecule has 0 saturated carbocycles. The van der Waals surface area contributed by atoms with Crippen LogP contribution in [0.3, 0.4) is 0 Å². The number of likely N-dealkylation sites (tertiary alicyclic amines) is 1. The van der Waals surface area contributed by atoms with Crippen LogP contribution in [0.5, 0.6) is 0 Å². The van der Waals surface area contributed by atoms with Gasteiger partial charge in [-0.2, -0.15) is 0 Å². The number of hydrogen-bond donors (Lipinski definition) is 1. The highest BCUT2D eigenvalue weighted by molar-refractivity contribution is 5.78. The normalized spacial score (nSPS) is 17.6. The van der Waals surface area contributed by atoms with E-state index in [1.54, 1.807) is 0 Å². The van der Waals surface area contributed by atoms with Crippen LogP contribution in [0.1, 0.15) is 51.2 Å². The summed E-state index contributed by atoms with van der Waals surface area (Å²) in [6.07, 6.45) is 4.73. The summed E-state index contributed by atoms with van der Waals surface area (Å²) >= 11 is 0. The molecule has 2 heterocycles. The lowest BCUT2D eigenvalue weighted by molar-refractivity contribution is 0.0525. The van der Waals surface area contributed by atoms with Gasteiger partial charge in [-0.15, -0.1) is 0 Å². The largest absolute Gasteiger partial charge is 0.444 e. The van der Waals surface area contributed by atoms with Crippen LogP contribution in [0.25, 0.3) is 11.3 Å². The molecule has 1 fully saturated rings. The fraction of sp³-hybridized carbons (Fsp3) is 0.500. The van der Waals surface area contributed by atoms with Crippen molar-refractivity contribution in [3.63, 3.8) is 0 Å². The zero-order valence-electron chi connectivity index (χ0n) is 17.7. The number of ether oxygens (including phenoxy) is 1. The second kappa shape index (κ2) is 7.79. The first-order valence-electron chi connectivity index (χ1n) is 10.6. The summed E-state index contributed by atoms with van der Waals surface area (Å²) in [5, 5.41) is 2.86. The molecular formula is C24H31N3O2. The van der Waals surface area contributed by atoms with Crippen LogP contribution in [-0.4, -0.2) is 47.8 Å². The Kier molecular flexibility index (Phi) is 5.34. The van der Waals surface area contributed by atoms with Gasteiger partial charge in [-0.05, 0) is 76.9 Å². The van der Waals surface area contributed by atoms with E-state index in [1.807, 2.05) is 27.0 Å². The molecule has 1 aliphatic carbocycles. The van der Waals surface area contributed by atoms with E-state index in [-0.39, 0.29) is 11.5 Å². The minimum atomic E-state index is -0.450. The minimum Gasteiger partial charge on any atom is -0.444 e. The van der Waals surface area contributed by atoms with E-state index in [0.29, 0.717) is 6.54 Å². The maximum Gasteiger partial charge on any atom is 0.407 e. The fourth-order valence-electron chi connectivity index (χ4n) is 4.76. The lowest BCUT2D eigenvalue weighted by Gasteiger charge is -2.40. The number of carbonyl (C=O) groups excluding carboxylic acids is 1. The second-order valence-corrected chi connectivity index (χ2v) is 9.15. The van der Waals surface area contributed by atoms with E-state index in [0.717, 1.165) is 44.6 Å². The van der Waals surface area contributed by atoms with Crippen molar-refractivity contribution in [2.45, 2.75) is 51.0 Å². The summed E-state index contributed by atoms with van der Waals surface area (Å²) in [6, 6.07) is 13.1. The Bertz CT molecular complexity index is 832. The van der Waals surface area contributed by atoms with Gasteiger partial charge < -0.3 is 15.0 Å². The molecule has 1 amide bonds. The monoisotopic (exact) mass is 393 g/mol. The molecule has 1 spiro atoms. The average Bonchev–Trinajstić information content (AvgIpc) is 2.96. The maximum absolute atomic E-state index is 11.8. The van der Waals surface area contributed by atoms with E-state index in [1.165, 1.54) is 16.7 Å². The number of alkyl carbamates (subject to hydrolysis) is 1. The Labute approximate surface area is 173 Å². The zero-order valence-corrected chi connectivity index (χ0v) is 17.7. The van der Waals surface area contributed by atoms with Gasteiger partial charge in [0.05, 0.1) is 5.69 Å². The molecule has 1 aromatic heterocycles. The molecular weight excluding hydrogens is 362 g/mol. The van der Waals surface area contributed by atoms with Crippen molar-refractivity contribution in [3.05, 3.63) is 53.7 Å². The number of pyridine rings is 1. The quantitative estimate of drug-likeness (QED) is 0.784. The Hall–Kier alpha value is -2.40. The summed E-state index contributed by atoms with van der Waals surface area (Å²) in [5.74, 6) is 0. The summed E-state index contributed by atoms with van der Waals surface area (Å²) in [4.78, 5) is 19.0. The van der Waals surface area contributed by atoms with Crippen LogP contribution < -0.4 is 5.32 Å². The van der Waals surface area contributed by atoms with Crippen LogP contribution in [0.2, 0.25) is 0 Å². The van der Waals surface area contributed by atoms with Crippen molar-refractivity contribution in [3.8, 4) is 11.3 Å². The van der Waals surface area contributed by atoms with E-state index in [2.05, 4.69) is 46.6 Å². The van der Waals surface area contributed by atoms with Gasteiger partial charge in [0.25, 0.3) is 0 Å². The molecule has 0 atom stereocenters. The number of nitrogens with zero attached hydrogens (tertiary/aromatic N) is 2. The van der Waals surface area contributed by atoms with Gasteiger partial charge in [0, 0.05) is 23.7 Å². The Balaban J connectivity index is 1.34. The van der Waals surface area contributed by atoms with Crippen molar-refractivity contribution in [1.29, 1.82) is 0 Å². The standard InChI is InChI=1S/C24H31N3O2/c1-23(2,3)29-22(28)26-14-7-15-27-16-11-24(12-17-27)19-9-5-4-8-18(19)21-20(24)10-6-13-25-21/h4-6,8-10,13H,7,11-12,14-17H2,1-3H3,(H,26,28). The molecule has 0 bridgehead atoms. The van der Waals surface area contributed by atoms with Gasteiger partial charge in [0.2, 0.25) is 0 Å². The van der Waals surface area contributed by atoms with Crippen LogP contribution in [0.4, 0.5) is 4.79 Å². The molecule has 1 N–H and O–H groups in total. The van der Waals surface area contributed by atoms with Gasteiger partial charge in [-0.1, -0.05) is 30.3 Å². The van der Waals surface area contributed by atoms with E-state index >= 15 is 0 Å². The van der Waals surface area contributed by atoms with Gasteiger partial charge >= 0.3 is 6.09 Å². The highest BCUT2D eigenvalue weighted by Gasteiger charge is 2.45. The molecule has 154 valence electrons. The van der Waals surface area contributed by atoms with Crippen molar-refractivity contribution >= 4 is 6.09 Å². The van der Waals surface area contributed by atoms with Crippen molar-refractivity contribution < 1.29 is 9.53 Å². The maximum atomic E-state index is 11.8. The minimum absolute atomic E-state index is 0.103. The summed E-state index contributed by atoms with van der Waals surface area (Å²) in [7, 11) is 0. The third-order valence-electron chi connectivity index (χ3n) is 6.05.